The van der Waals surface area contributed by atoms with Crippen molar-refractivity contribution in [3.05, 3.63) is 29.0 Å². The van der Waals surface area contributed by atoms with E-state index in [-0.39, 0.29) is 6.61 Å². The third-order valence-electron chi connectivity index (χ3n) is 1.50. The first-order chi connectivity index (χ1) is 6.33. The Morgan fingerprint density at radius 1 is 1.46 bits per heavy atom. The summed E-state index contributed by atoms with van der Waals surface area (Å²) in [6.07, 6.45) is 2.64. The van der Waals surface area contributed by atoms with Gasteiger partial charge < -0.3 is 5.11 Å². The summed E-state index contributed by atoms with van der Waals surface area (Å²) in [4.78, 5) is 3.98. The average molecular weight is 218 g/mol. The summed E-state index contributed by atoms with van der Waals surface area (Å²) in [7, 11) is 0. The Hall–Kier alpha value is -0.250. The van der Waals surface area contributed by atoms with Gasteiger partial charge in [-0.1, -0.05) is 17.7 Å². The van der Waals surface area contributed by atoms with Gasteiger partial charge in [-0.2, -0.15) is 11.8 Å². The van der Waals surface area contributed by atoms with Crippen LogP contribution in [0.25, 0.3) is 0 Å². The smallest absolute Gasteiger partial charge is 0.129 e. The summed E-state index contributed by atoms with van der Waals surface area (Å²) in [6, 6.07) is 3.77. The highest BCUT2D eigenvalue weighted by Gasteiger charge is 1.94. The van der Waals surface area contributed by atoms with Gasteiger partial charge in [0.1, 0.15) is 5.15 Å². The average Bonchev–Trinajstić information content (AvgIpc) is 2.15. The number of hydrogen-bond acceptors (Lipinski definition) is 3. The molecule has 0 aliphatic rings. The molecule has 0 aliphatic heterocycles. The number of rotatable bonds is 5. The zero-order chi connectivity index (χ0) is 9.52. The fraction of sp³-hybridized carbons (Fsp3) is 0.444. The van der Waals surface area contributed by atoms with Crippen LogP contribution in [0.2, 0.25) is 5.15 Å². The van der Waals surface area contributed by atoms with Gasteiger partial charge in [0.15, 0.2) is 0 Å². The number of nitrogens with zero attached hydrogens (tertiary/aromatic N) is 1. The zero-order valence-corrected chi connectivity index (χ0v) is 8.81. The molecule has 0 aliphatic carbocycles. The molecule has 0 saturated heterocycles. The van der Waals surface area contributed by atoms with Crippen LogP contribution in [0.15, 0.2) is 18.3 Å². The second-order valence-corrected chi connectivity index (χ2v) is 4.11. The van der Waals surface area contributed by atoms with Crippen molar-refractivity contribution in [2.45, 2.75) is 12.2 Å². The summed E-state index contributed by atoms with van der Waals surface area (Å²) in [5.41, 5.74) is 1.17. The molecule has 0 fully saturated rings. The minimum atomic E-state index is 0.270. The van der Waals surface area contributed by atoms with Gasteiger partial charge in [0, 0.05) is 18.6 Å². The number of thioether (sulfide) groups is 1. The molecule has 72 valence electrons. The lowest BCUT2D eigenvalue weighted by atomic mass is 10.3. The molecule has 0 atom stereocenters. The summed E-state index contributed by atoms with van der Waals surface area (Å²) in [5.74, 6) is 1.92. The van der Waals surface area contributed by atoms with Gasteiger partial charge in [-0.3, -0.25) is 0 Å². The zero-order valence-electron chi connectivity index (χ0n) is 7.24. The van der Waals surface area contributed by atoms with Crippen LogP contribution >= 0.6 is 23.4 Å². The molecule has 1 heterocycles. The number of halogens is 1. The quantitative estimate of drug-likeness (QED) is 0.607. The molecule has 1 aromatic heterocycles. The van der Waals surface area contributed by atoms with Crippen LogP contribution in [0.4, 0.5) is 0 Å². The highest BCUT2D eigenvalue weighted by Crippen LogP contribution is 2.13. The van der Waals surface area contributed by atoms with E-state index in [2.05, 4.69) is 4.98 Å². The first-order valence-electron chi connectivity index (χ1n) is 4.12. The van der Waals surface area contributed by atoms with Gasteiger partial charge in [0.25, 0.3) is 0 Å². The van der Waals surface area contributed by atoms with Crippen molar-refractivity contribution in [3.8, 4) is 0 Å². The van der Waals surface area contributed by atoms with E-state index in [9.17, 15) is 0 Å². The van der Waals surface area contributed by atoms with Crippen molar-refractivity contribution in [2.24, 2.45) is 0 Å². The van der Waals surface area contributed by atoms with Gasteiger partial charge >= 0.3 is 0 Å². The van der Waals surface area contributed by atoms with Crippen molar-refractivity contribution < 1.29 is 5.11 Å². The largest absolute Gasteiger partial charge is 0.396 e. The Morgan fingerprint density at radius 2 is 2.31 bits per heavy atom. The van der Waals surface area contributed by atoms with Crippen LogP contribution in [0.3, 0.4) is 0 Å². The Kier molecular flexibility index (Phi) is 5.20. The van der Waals surface area contributed by atoms with Gasteiger partial charge in [-0.15, -0.1) is 0 Å². The maximum absolute atomic E-state index is 8.56. The molecule has 0 bridgehead atoms. The predicted molar refractivity (Wildman–Crippen MR) is 57.1 cm³/mol. The molecule has 0 saturated carbocycles. The van der Waals surface area contributed by atoms with E-state index in [1.54, 1.807) is 24.0 Å². The molecule has 0 spiro atoms. The second kappa shape index (κ2) is 6.24. The minimum Gasteiger partial charge on any atom is -0.396 e. The molecule has 0 aromatic carbocycles. The van der Waals surface area contributed by atoms with Crippen LogP contribution in [0, 0.1) is 0 Å². The van der Waals surface area contributed by atoms with Crippen molar-refractivity contribution in [1.82, 2.24) is 4.98 Å². The van der Waals surface area contributed by atoms with Crippen LogP contribution in [0.1, 0.15) is 12.0 Å². The molecule has 1 rings (SSSR count). The summed E-state index contributed by atoms with van der Waals surface area (Å²) in [6.45, 7) is 0.270. The first kappa shape index (κ1) is 10.8. The monoisotopic (exact) mass is 217 g/mol. The predicted octanol–water partition coefficient (Wildman–Crippen LogP) is 2.35. The lowest BCUT2D eigenvalue weighted by molar-refractivity contribution is 0.296. The molecular weight excluding hydrogens is 206 g/mol. The fourth-order valence-electron chi connectivity index (χ4n) is 0.848. The number of hydrogen-bond donors (Lipinski definition) is 1. The topological polar surface area (TPSA) is 33.1 Å². The van der Waals surface area contributed by atoms with Crippen molar-refractivity contribution >= 4 is 23.4 Å². The molecule has 1 aromatic rings. The molecule has 13 heavy (non-hydrogen) atoms. The summed E-state index contributed by atoms with van der Waals surface area (Å²) >= 11 is 7.44. The van der Waals surface area contributed by atoms with E-state index >= 15 is 0 Å². The van der Waals surface area contributed by atoms with Gasteiger partial charge in [-0.25, -0.2) is 4.98 Å². The van der Waals surface area contributed by atoms with Gasteiger partial charge in [0.2, 0.25) is 0 Å². The molecular formula is C9H12ClNOS. The summed E-state index contributed by atoms with van der Waals surface area (Å²) in [5, 5.41) is 9.09. The molecule has 0 radical (unpaired) electrons. The fourth-order valence-corrected chi connectivity index (χ4v) is 1.84. The highest BCUT2D eigenvalue weighted by atomic mass is 35.5. The van der Waals surface area contributed by atoms with Crippen LogP contribution < -0.4 is 0 Å². The lowest BCUT2D eigenvalue weighted by Gasteiger charge is -1.99. The van der Waals surface area contributed by atoms with Gasteiger partial charge in [-0.05, 0) is 23.8 Å². The van der Waals surface area contributed by atoms with Crippen molar-refractivity contribution in [1.29, 1.82) is 0 Å². The molecule has 2 nitrogen and oxygen atoms in total. The van der Waals surface area contributed by atoms with Crippen molar-refractivity contribution in [2.75, 3.05) is 12.4 Å². The Balaban J connectivity index is 2.25. The highest BCUT2D eigenvalue weighted by molar-refractivity contribution is 7.98. The van der Waals surface area contributed by atoms with Crippen LogP contribution in [0.5, 0.6) is 0 Å². The second-order valence-electron chi connectivity index (χ2n) is 2.62. The normalized spacial score (nSPS) is 10.3. The third kappa shape index (κ3) is 4.50. The van der Waals surface area contributed by atoms with E-state index in [0.717, 1.165) is 17.9 Å². The number of aromatic nitrogens is 1. The number of pyridine rings is 1. The minimum absolute atomic E-state index is 0.270. The van der Waals surface area contributed by atoms with Crippen LogP contribution in [-0.2, 0) is 5.75 Å². The molecule has 1 N–H and O–H groups in total. The van der Waals surface area contributed by atoms with E-state index in [1.165, 1.54) is 5.56 Å². The standard InChI is InChI=1S/C9H12ClNOS/c10-9-3-2-8(6-11-9)7-13-5-1-4-12/h2-3,6,12H,1,4-5,7H2. The molecule has 0 unspecified atom stereocenters. The SMILES string of the molecule is OCCCSCc1ccc(Cl)nc1. The Morgan fingerprint density at radius 3 is 2.92 bits per heavy atom. The maximum atomic E-state index is 8.56. The maximum Gasteiger partial charge on any atom is 0.129 e. The number of aliphatic hydroxyl groups is 1. The first-order valence-corrected chi connectivity index (χ1v) is 5.65. The van der Waals surface area contributed by atoms with Crippen molar-refractivity contribution in [3.63, 3.8) is 0 Å². The summed E-state index contributed by atoms with van der Waals surface area (Å²) < 4.78 is 0. The van der Waals surface area contributed by atoms with Gasteiger partial charge in [0.05, 0.1) is 0 Å². The van der Waals surface area contributed by atoms with E-state index in [1.807, 2.05) is 6.07 Å². The Bertz CT molecular complexity index is 240. The van der Waals surface area contributed by atoms with E-state index in [0.29, 0.717) is 5.15 Å². The Labute approximate surface area is 87.3 Å². The van der Waals surface area contributed by atoms with Crippen LogP contribution in [-0.4, -0.2) is 22.5 Å². The third-order valence-corrected chi connectivity index (χ3v) is 2.84. The number of aliphatic hydroxyl groups excluding tert-OH is 1. The molecule has 0 amide bonds. The van der Waals surface area contributed by atoms with E-state index in [4.69, 9.17) is 16.7 Å². The van der Waals surface area contributed by atoms with E-state index < -0.39 is 0 Å². The lowest BCUT2D eigenvalue weighted by Crippen LogP contribution is -1.88. The molecule has 4 heteroatoms.